The number of thioether (sulfide) groups is 1. The fourth-order valence-electron chi connectivity index (χ4n) is 4.97. The highest BCUT2D eigenvalue weighted by Crippen LogP contribution is 2.49. The van der Waals surface area contributed by atoms with E-state index in [1.54, 1.807) is 4.90 Å². The van der Waals surface area contributed by atoms with Gasteiger partial charge in [0.1, 0.15) is 12.4 Å². The number of carbonyl (C=O) groups is 2. The summed E-state index contributed by atoms with van der Waals surface area (Å²) in [6, 6.07) is 25.5. The largest absolute Gasteiger partial charge is 0.350 e. The maximum Gasteiger partial charge on any atom is 0.240 e. The van der Waals surface area contributed by atoms with E-state index < -0.39 is 0 Å². The van der Waals surface area contributed by atoms with E-state index in [1.807, 2.05) is 90.5 Å². The molecule has 0 fully saturated rings. The number of benzene rings is 3. The van der Waals surface area contributed by atoms with Gasteiger partial charge in [0, 0.05) is 22.5 Å². The lowest BCUT2D eigenvalue weighted by Gasteiger charge is -2.25. The second kappa shape index (κ2) is 11.5. The molecule has 4 aromatic rings. The molecule has 1 N–H and O–H groups in total. The molecule has 3 aromatic carbocycles. The van der Waals surface area contributed by atoms with Crippen LogP contribution >= 0.6 is 23.4 Å². The smallest absolute Gasteiger partial charge is 0.240 e. The number of nitrogens with one attached hydrogen (secondary N) is 1. The van der Waals surface area contributed by atoms with Gasteiger partial charge in [-0.2, -0.15) is 5.10 Å². The van der Waals surface area contributed by atoms with Gasteiger partial charge in [-0.05, 0) is 35.7 Å². The molecule has 1 aliphatic heterocycles. The number of halogens is 1. The van der Waals surface area contributed by atoms with Gasteiger partial charge in [0.2, 0.25) is 11.8 Å². The Morgan fingerprint density at radius 3 is 2.40 bits per heavy atom. The predicted molar refractivity (Wildman–Crippen MR) is 163 cm³/mol. The van der Waals surface area contributed by atoms with E-state index >= 15 is 0 Å². The van der Waals surface area contributed by atoms with E-state index in [0.29, 0.717) is 17.4 Å². The third-order valence-electron chi connectivity index (χ3n) is 6.97. The Labute approximate surface area is 244 Å². The molecule has 0 aliphatic carbocycles. The number of fused-ring (bicyclic) bond motifs is 1. The molecule has 206 valence electrons. The van der Waals surface area contributed by atoms with Gasteiger partial charge in [0.05, 0.1) is 22.4 Å². The van der Waals surface area contributed by atoms with E-state index in [1.165, 1.54) is 11.8 Å². The van der Waals surface area contributed by atoms with Crippen LogP contribution in [0.3, 0.4) is 0 Å². The molecule has 1 unspecified atom stereocenters. The first-order chi connectivity index (χ1) is 19.1. The van der Waals surface area contributed by atoms with Crippen molar-refractivity contribution in [2.75, 3.05) is 17.2 Å². The Bertz CT molecular complexity index is 1540. The maximum absolute atomic E-state index is 13.8. The summed E-state index contributed by atoms with van der Waals surface area (Å²) in [7, 11) is 0. The topological polar surface area (TPSA) is 67.2 Å². The van der Waals surface area contributed by atoms with Crippen LogP contribution in [0.15, 0.2) is 78.9 Å². The normalized spacial score (nSPS) is 15.5. The number of aryl methyl sites for hydroxylation is 1. The standard InChI is InChI=1S/C32H33ClN4O2S/c1-21-12-8-11-17-25(21)37-31-28(30(35-37)32(2,3)4)29(23-15-9-10-16-24(23)33)40-20-27(39)36(31)19-26(38)34-18-22-13-6-5-7-14-22/h5-17,29H,18-20H2,1-4H3,(H,34,38). The quantitative estimate of drug-likeness (QED) is 0.282. The molecule has 0 saturated heterocycles. The molecule has 5 rings (SSSR count). The van der Waals surface area contributed by atoms with Gasteiger partial charge in [-0.3, -0.25) is 14.5 Å². The molecule has 1 aliphatic rings. The molecule has 2 amide bonds. The maximum atomic E-state index is 13.8. The molecule has 0 spiro atoms. The molecular weight excluding hydrogens is 540 g/mol. The van der Waals surface area contributed by atoms with Crippen LogP contribution in [0.4, 0.5) is 5.82 Å². The summed E-state index contributed by atoms with van der Waals surface area (Å²) in [4.78, 5) is 28.7. The van der Waals surface area contributed by atoms with Crippen LogP contribution in [0.1, 0.15) is 54.0 Å². The number of aromatic nitrogens is 2. The molecule has 0 bridgehead atoms. The molecule has 0 radical (unpaired) electrons. The number of hydrogen-bond acceptors (Lipinski definition) is 4. The highest BCUT2D eigenvalue weighted by Gasteiger charge is 2.40. The van der Waals surface area contributed by atoms with Crippen molar-refractivity contribution in [1.82, 2.24) is 15.1 Å². The molecule has 8 heteroatoms. The Hall–Kier alpha value is -3.55. The monoisotopic (exact) mass is 572 g/mol. The summed E-state index contributed by atoms with van der Waals surface area (Å²) in [5, 5.41) is 8.55. The van der Waals surface area contributed by atoms with Crippen molar-refractivity contribution in [2.45, 2.75) is 44.9 Å². The lowest BCUT2D eigenvalue weighted by molar-refractivity contribution is -0.123. The second-order valence-electron chi connectivity index (χ2n) is 11.0. The highest BCUT2D eigenvalue weighted by atomic mass is 35.5. The number of amides is 2. The summed E-state index contributed by atoms with van der Waals surface area (Å²) in [5.74, 6) is 0.438. The van der Waals surface area contributed by atoms with Crippen LogP contribution in [0.25, 0.3) is 5.69 Å². The second-order valence-corrected chi connectivity index (χ2v) is 12.5. The molecule has 6 nitrogen and oxygen atoms in total. The van der Waals surface area contributed by atoms with Crippen LogP contribution in [0, 0.1) is 6.92 Å². The van der Waals surface area contributed by atoms with Crippen molar-refractivity contribution in [3.63, 3.8) is 0 Å². The number of carbonyl (C=O) groups excluding carboxylic acids is 2. The van der Waals surface area contributed by atoms with E-state index in [2.05, 4.69) is 26.1 Å². The van der Waals surface area contributed by atoms with Gasteiger partial charge < -0.3 is 5.32 Å². The van der Waals surface area contributed by atoms with Crippen molar-refractivity contribution in [2.24, 2.45) is 0 Å². The number of anilines is 1. The molecule has 0 saturated carbocycles. The van der Waals surface area contributed by atoms with Crippen molar-refractivity contribution in [3.8, 4) is 5.69 Å². The first-order valence-electron chi connectivity index (χ1n) is 13.3. The minimum Gasteiger partial charge on any atom is -0.350 e. The van der Waals surface area contributed by atoms with Crippen LogP contribution in [0.2, 0.25) is 5.02 Å². The zero-order chi connectivity index (χ0) is 28.4. The zero-order valence-electron chi connectivity index (χ0n) is 23.1. The predicted octanol–water partition coefficient (Wildman–Crippen LogP) is 6.62. The van der Waals surface area contributed by atoms with Gasteiger partial charge in [-0.15, -0.1) is 11.8 Å². The summed E-state index contributed by atoms with van der Waals surface area (Å²) in [6.45, 7) is 8.66. The fraction of sp³-hybridized carbons (Fsp3) is 0.281. The molecule has 40 heavy (non-hydrogen) atoms. The third kappa shape index (κ3) is 5.67. The van der Waals surface area contributed by atoms with Crippen molar-refractivity contribution >= 4 is 41.0 Å². The summed E-state index contributed by atoms with van der Waals surface area (Å²) in [5.41, 5.74) is 5.23. The molecule has 1 atom stereocenters. The fourth-order valence-corrected chi connectivity index (χ4v) is 6.51. The molecular formula is C32H33ClN4O2S. The van der Waals surface area contributed by atoms with Crippen molar-refractivity contribution < 1.29 is 9.59 Å². The van der Waals surface area contributed by atoms with Crippen LogP contribution in [0.5, 0.6) is 0 Å². The first-order valence-corrected chi connectivity index (χ1v) is 14.7. The summed E-state index contributed by atoms with van der Waals surface area (Å²) >= 11 is 8.27. The Kier molecular flexibility index (Phi) is 8.06. The number of hydrogen-bond donors (Lipinski definition) is 1. The van der Waals surface area contributed by atoms with Crippen LogP contribution in [-0.2, 0) is 21.5 Å². The van der Waals surface area contributed by atoms with Crippen molar-refractivity contribution in [3.05, 3.63) is 112 Å². The summed E-state index contributed by atoms with van der Waals surface area (Å²) in [6.07, 6.45) is 0. The Morgan fingerprint density at radius 2 is 1.70 bits per heavy atom. The highest BCUT2D eigenvalue weighted by molar-refractivity contribution is 8.00. The third-order valence-corrected chi connectivity index (χ3v) is 8.55. The average Bonchev–Trinajstić information content (AvgIpc) is 3.27. The van der Waals surface area contributed by atoms with Gasteiger partial charge in [0.25, 0.3) is 0 Å². The van der Waals surface area contributed by atoms with Crippen molar-refractivity contribution in [1.29, 1.82) is 0 Å². The van der Waals surface area contributed by atoms with E-state index in [0.717, 1.165) is 33.6 Å². The lowest BCUT2D eigenvalue weighted by Crippen LogP contribution is -2.42. The Balaban J connectivity index is 1.68. The first kappa shape index (κ1) is 28.0. The molecule has 1 aromatic heterocycles. The average molecular weight is 573 g/mol. The summed E-state index contributed by atoms with van der Waals surface area (Å²) < 4.78 is 1.85. The van der Waals surface area contributed by atoms with E-state index in [-0.39, 0.29) is 34.8 Å². The number of para-hydroxylation sites is 1. The minimum atomic E-state index is -0.341. The molecule has 2 heterocycles. The minimum absolute atomic E-state index is 0.115. The lowest BCUT2D eigenvalue weighted by atomic mass is 9.87. The number of rotatable bonds is 6. The van der Waals surface area contributed by atoms with E-state index in [9.17, 15) is 9.59 Å². The Morgan fingerprint density at radius 1 is 1.02 bits per heavy atom. The van der Waals surface area contributed by atoms with Gasteiger partial charge in [-0.25, -0.2) is 4.68 Å². The van der Waals surface area contributed by atoms with Crippen LogP contribution < -0.4 is 10.2 Å². The SMILES string of the molecule is Cc1ccccc1-n1nc(C(C)(C)C)c2c1N(CC(=O)NCc1ccccc1)C(=O)CSC2c1ccccc1Cl. The van der Waals surface area contributed by atoms with Gasteiger partial charge in [0.15, 0.2) is 0 Å². The van der Waals surface area contributed by atoms with Gasteiger partial charge in [-0.1, -0.05) is 99.1 Å². The zero-order valence-corrected chi connectivity index (χ0v) is 24.7. The number of nitrogens with zero attached hydrogens (tertiary/aromatic N) is 3. The van der Waals surface area contributed by atoms with E-state index in [4.69, 9.17) is 16.7 Å². The van der Waals surface area contributed by atoms with Gasteiger partial charge >= 0.3 is 0 Å². The van der Waals surface area contributed by atoms with Crippen LogP contribution in [-0.4, -0.2) is 33.9 Å².